The number of hydrogen-bond acceptors (Lipinski definition) is 4. The Hall–Kier alpha value is -3.16. The minimum Gasteiger partial charge on any atom is -0.488 e. The predicted molar refractivity (Wildman–Crippen MR) is 88.8 cm³/mol. The lowest BCUT2D eigenvalue weighted by Gasteiger charge is -2.12. The third-order valence-electron chi connectivity index (χ3n) is 3.78. The molecule has 0 saturated carbocycles. The van der Waals surface area contributed by atoms with Gasteiger partial charge in [-0.1, -0.05) is 12.1 Å². The maximum Gasteiger partial charge on any atom is 0.416 e. The second kappa shape index (κ2) is 7.22. The molecule has 0 aliphatic carbocycles. The van der Waals surface area contributed by atoms with Gasteiger partial charge in [0.15, 0.2) is 5.69 Å². The Balaban J connectivity index is 1.96. The molecule has 3 rings (SSSR count). The fourth-order valence-corrected chi connectivity index (χ4v) is 2.49. The maximum absolute atomic E-state index is 13.6. The summed E-state index contributed by atoms with van der Waals surface area (Å²) in [6.07, 6.45) is -4.47. The molecule has 1 aromatic heterocycles. The van der Waals surface area contributed by atoms with Crippen LogP contribution < -0.4 is 4.74 Å². The van der Waals surface area contributed by atoms with Gasteiger partial charge in [0.1, 0.15) is 18.2 Å². The first-order chi connectivity index (χ1) is 12.8. The molecular formula is C19H13F4NO3. The van der Waals surface area contributed by atoms with Crippen LogP contribution in [0, 0.1) is 5.82 Å². The summed E-state index contributed by atoms with van der Waals surface area (Å²) in [5.74, 6) is -1.15. The molecule has 0 N–H and O–H groups in total. The summed E-state index contributed by atoms with van der Waals surface area (Å²) in [7, 11) is 1.18. The Morgan fingerprint density at radius 1 is 1.11 bits per heavy atom. The van der Waals surface area contributed by atoms with Gasteiger partial charge in [0, 0.05) is 11.5 Å². The van der Waals surface area contributed by atoms with Gasteiger partial charge in [0.2, 0.25) is 0 Å². The molecule has 2 aromatic carbocycles. The minimum absolute atomic E-state index is 0.0596. The Bertz CT molecular complexity index is 1000. The number of ether oxygens (including phenoxy) is 2. The van der Waals surface area contributed by atoms with E-state index in [0.29, 0.717) is 5.52 Å². The van der Waals surface area contributed by atoms with E-state index in [4.69, 9.17) is 4.74 Å². The number of carbonyl (C=O) groups is 1. The lowest BCUT2D eigenvalue weighted by atomic mass is 10.1. The monoisotopic (exact) mass is 379 g/mol. The molecule has 0 aliphatic heterocycles. The van der Waals surface area contributed by atoms with E-state index in [9.17, 15) is 22.4 Å². The highest BCUT2D eigenvalue weighted by atomic mass is 19.4. The van der Waals surface area contributed by atoms with Crippen molar-refractivity contribution in [1.29, 1.82) is 0 Å². The van der Waals surface area contributed by atoms with Crippen molar-refractivity contribution >= 4 is 16.9 Å². The average Bonchev–Trinajstić information content (AvgIpc) is 2.65. The van der Waals surface area contributed by atoms with Crippen molar-refractivity contribution in [1.82, 2.24) is 4.98 Å². The average molecular weight is 379 g/mol. The summed E-state index contributed by atoms with van der Waals surface area (Å²) in [4.78, 5) is 15.8. The standard InChI is InChI=1S/C19H13F4NO3/c1-26-18(25)16-9-17(14-8-13(20)5-6-15(14)24-16)27-10-11-3-2-4-12(7-11)19(21,22)23/h2-9H,10H2,1H3. The molecule has 140 valence electrons. The van der Waals surface area contributed by atoms with Crippen LogP contribution in [0.15, 0.2) is 48.5 Å². The minimum atomic E-state index is -4.47. The van der Waals surface area contributed by atoms with Crippen molar-refractivity contribution in [2.75, 3.05) is 7.11 Å². The van der Waals surface area contributed by atoms with E-state index in [-0.39, 0.29) is 29.0 Å². The van der Waals surface area contributed by atoms with Crippen molar-refractivity contribution < 1.29 is 31.8 Å². The van der Waals surface area contributed by atoms with Crippen LogP contribution in [0.2, 0.25) is 0 Å². The van der Waals surface area contributed by atoms with Crippen LogP contribution in [-0.2, 0) is 17.5 Å². The molecule has 0 amide bonds. The van der Waals surface area contributed by atoms with Gasteiger partial charge in [-0.05, 0) is 35.9 Å². The number of pyridine rings is 1. The smallest absolute Gasteiger partial charge is 0.416 e. The SMILES string of the molecule is COC(=O)c1cc(OCc2cccc(C(F)(F)F)c2)c2cc(F)ccc2n1. The first-order valence-corrected chi connectivity index (χ1v) is 7.75. The van der Waals surface area contributed by atoms with Gasteiger partial charge in [-0.15, -0.1) is 0 Å². The largest absolute Gasteiger partial charge is 0.488 e. The zero-order valence-electron chi connectivity index (χ0n) is 14.0. The Morgan fingerprint density at radius 3 is 2.59 bits per heavy atom. The number of carbonyl (C=O) groups excluding carboxylic acids is 1. The third kappa shape index (κ3) is 4.16. The van der Waals surface area contributed by atoms with Crippen LogP contribution in [0.25, 0.3) is 10.9 Å². The topological polar surface area (TPSA) is 48.4 Å². The predicted octanol–water partition coefficient (Wildman–Crippen LogP) is 4.76. The van der Waals surface area contributed by atoms with Crippen LogP contribution >= 0.6 is 0 Å². The summed E-state index contributed by atoms with van der Waals surface area (Å²) < 4.78 is 62.3. The molecular weight excluding hydrogens is 366 g/mol. The normalized spacial score (nSPS) is 11.4. The van der Waals surface area contributed by atoms with Crippen LogP contribution in [0.4, 0.5) is 17.6 Å². The highest BCUT2D eigenvalue weighted by Gasteiger charge is 2.30. The molecule has 0 bridgehead atoms. The van der Waals surface area contributed by atoms with E-state index in [1.807, 2.05) is 0 Å². The second-order valence-electron chi connectivity index (χ2n) is 5.65. The lowest BCUT2D eigenvalue weighted by molar-refractivity contribution is -0.137. The number of esters is 1. The number of halogens is 4. The van der Waals surface area contributed by atoms with E-state index in [1.54, 1.807) is 0 Å². The number of fused-ring (bicyclic) bond motifs is 1. The summed E-state index contributed by atoms with van der Waals surface area (Å²) in [6, 6.07) is 9.64. The highest BCUT2D eigenvalue weighted by Crippen LogP contribution is 2.31. The molecule has 3 aromatic rings. The van der Waals surface area contributed by atoms with Gasteiger partial charge in [0.05, 0.1) is 18.2 Å². The van der Waals surface area contributed by atoms with Crippen LogP contribution in [0.3, 0.4) is 0 Å². The molecule has 0 aliphatic rings. The first-order valence-electron chi connectivity index (χ1n) is 7.75. The van der Waals surface area contributed by atoms with Gasteiger partial charge >= 0.3 is 12.1 Å². The van der Waals surface area contributed by atoms with Gasteiger partial charge in [0.25, 0.3) is 0 Å². The summed E-state index contributed by atoms with van der Waals surface area (Å²) >= 11 is 0. The van der Waals surface area contributed by atoms with Gasteiger partial charge in [-0.2, -0.15) is 13.2 Å². The molecule has 0 radical (unpaired) electrons. The Morgan fingerprint density at radius 2 is 1.89 bits per heavy atom. The molecule has 8 heteroatoms. The molecule has 27 heavy (non-hydrogen) atoms. The third-order valence-corrected chi connectivity index (χ3v) is 3.78. The summed E-state index contributed by atoms with van der Waals surface area (Å²) in [6.45, 7) is -0.208. The van der Waals surface area contributed by atoms with Crippen molar-refractivity contribution in [2.45, 2.75) is 12.8 Å². The number of methoxy groups -OCH3 is 1. The number of aromatic nitrogens is 1. The van der Waals surface area contributed by atoms with Crippen LogP contribution in [0.5, 0.6) is 5.75 Å². The lowest BCUT2D eigenvalue weighted by Crippen LogP contribution is -2.07. The van der Waals surface area contributed by atoms with Gasteiger partial charge in [-0.25, -0.2) is 14.2 Å². The van der Waals surface area contributed by atoms with Crippen molar-refractivity contribution in [3.8, 4) is 5.75 Å². The van der Waals surface area contributed by atoms with E-state index in [1.165, 1.54) is 43.5 Å². The van der Waals surface area contributed by atoms with Crippen molar-refractivity contribution in [3.63, 3.8) is 0 Å². The molecule has 0 atom stereocenters. The zero-order chi connectivity index (χ0) is 19.6. The Labute approximate surface area is 151 Å². The summed E-state index contributed by atoms with van der Waals surface area (Å²) in [5, 5.41) is 0.287. The molecule has 0 spiro atoms. The molecule has 4 nitrogen and oxygen atoms in total. The van der Waals surface area contributed by atoms with E-state index in [2.05, 4.69) is 9.72 Å². The highest BCUT2D eigenvalue weighted by molar-refractivity contribution is 5.94. The molecule has 0 fully saturated rings. The number of nitrogens with zero attached hydrogens (tertiary/aromatic N) is 1. The van der Waals surface area contributed by atoms with E-state index in [0.717, 1.165) is 12.1 Å². The number of hydrogen-bond donors (Lipinski definition) is 0. The Kier molecular flexibility index (Phi) is 4.98. The molecule has 0 unspecified atom stereocenters. The van der Waals surface area contributed by atoms with E-state index >= 15 is 0 Å². The fraction of sp³-hybridized carbons (Fsp3) is 0.158. The first kappa shape index (κ1) is 18.6. The van der Waals surface area contributed by atoms with Gasteiger partial charge in [-0.3, -0.25) is 0 Å². The van der Waals surface area contributed by atoms with Crippen LogP contribution in [0.1, 0.15) is 21.6 Å². The van der Waals surface area contributed by atoms with Crippen molar-refractivity contribution in [3.05, 3.63) is 71.2 Å². The zero-order valence-corrected chi connectivity index (χ0v) is 14.0. The van der Waals surface area contributed by atoms with Gasteiger partial charge < -0.3 is 9.47 Å². The van der Waals surface area contributed by atoms with E-state index < -0.39 is 23.5 Å². The quantitative estimate of drug-likeness (QED) is 0.485. The maximum atomic E-state index is 13.6. The number of alkyl halides is 3. The van der Waals surface area contributed by atoms with Crippen LogP contribution in [-0.4, -0.2) is 18.1 Å². The number of benzene rings is 2. The number of rotatable bonds is 4. The molecule has 0 saturated heterocycles. The molecule has 1 heterocycles. The fourth-order valence-electron chi connectivity index (χ4n) is 2.49. The van der Waals surface area contributed by atoms with Crippen molar-refractivity contribution in [2.24, 2.45) is 0 Å². The summed E-state index contributed by atoms with van der Waals surface area (Å²) in [5.41, 5.74) is -0.302. The second-order valence-corrected chi connectivity index (χ2v) is 5.65.